The van der Waals surface area contributed by atoms with E-state index in [-0.39, 0.29) is 5.91 Å². The zero-order valence-corrected chi connectivity index (χ0v) is 10.8. The molecular formula is C14H18N2O3. The van der Waals surface area contributed by atoms with Crippen molar-refractivity contribution in [2.24, 2.45) is 11.7 Å². The molecule has 1 fully saturated rings. The highest BCUT2D eigenvalue weighted by Gasteiger charge is 2.26. The summed E-state index contributed by atoms with van der Waals surface area (Å²) in [5.74, 6) is 1.85. The van der Waals surface area contributed by atoms with Gasteiger partial charge in [-0.15, -0.1) is 0 Å². The van der Waals surface area contributed by atoms with Crippen molar-refractivity contribution >= 4 is 5.91 Å². The largest absolute Gasteiger partial charge is 0.486 e. The predicted molar refractivity (Wildman–Crippen MR) is 70.5 cm³/mol. The van der Waals surface area contributed by atoms with Gasteiger partial charge in [-0.2, -0.15) is 0 Å². The van der Waals surface area contributed by atoms with E-state index in [2.05, 4.69) is 0 Å². The molecule has 19 heavy (non-hydrogen) atoms. The number of carbonyl (C=O) groups is 1. The fourth-order valence-corrected chi connectivity index (χ4v) is 2.57. The van der Waals surface area contributed by atoms with Crippen LogP contribution in [0, 0.1) is 5.92 Å². The molecule has 3 rings (SSSR count). The van der Waals surface area contributed by atoms with Crippen LogP contribution in [0.1, 0.15) is 16.8 Å². The summed E-state index contributed by atoms with van der Waals surface area (Å²) in [7, 11) is 0. The summed E-state index contributed by atoms with van der Waals surface area (Å²) in [4.78, 5) is 14.2. The molecule has 0 saturated carbocycles. The van der Waals surface area contributed by atoms with Crippen molar-refractivity contribution in [2.45, 2.75) is 6.42 Å². The van der Waals surface area contributed by atoms with Crippen LogP contribution >= 0.6 is 0 Å². The minimum absolute atomic E-state index is 0.0490. The third kappa shape index (κ3) is 2.38. The van der Waals surface area contributed by atoms with Gasteiger partial charge in [0.05, 0.1) is 0 Å². The van der Waals surface area contributed by atoms with Crippen LogP contribution in [0.2, 0.25) is 0 Å². The maximum atomic E-state index is 12.4. The Morgan fingerprint density at radius 1 is 1.32 bits per heavy atom. The second-order valence-electron chi connectivity index (χ2n) is 5.00. The fourth-order valence-electron chi connectivity index (χ4n) is 2.57. The van der Waals surface area contributed by atoms with E-state index in [9.17, 15) is 4.79 Å². The van der Waals surface area contributed by atoms with E-state index in [0.29, 0.717) is 42.7 Å². The molecule has 5 heteroatoms. The molecule has 1 atom stereocenters. The highest BCUT2D eigenvalue weighted by Crippen LogP contribution is 2.31. The molecule has 5 nitrogen and oxygen atoms in total. The number of rotatable bonds is 2. The summed E-state index contributed by atoms with van der Waals surface area (Å²) >= 11 is 0. The molecule has 2 aliphatic heterocycles. The fraction of sp³-hybridized carbons (Fsp3) is 0.500. The lowest BCUT2D eigenvalue weighted by atomic mass is 10.1. The van der Waals surface area contributed by atoms with E-state index in [1.54, 1.807) is 18.2 Å². The van der Waals surface area contributed by atoms with Gasteiger partial charge in [0.2, 0.25) is 0 Å². The van der Waals surface area contributed by atoms with Gasteiger partial charge in [0.15, 0.2) is 11.5 Å². The number of benzene rings is 1. The first kappa shape index (κ1) is 12.3. The lowest BCUT2D eigenvalue weighted by molar-refractivity contribution is 0.0786. The van der Waals surface area contributed by atoms with Gasteiger partial charge in [0.1, 0.15) is 13.2 Å². The van der Waals surface area contributed by atoms with Gasteiger partial charge >= 0.3 is 0 Å². The molecule has 0 bridgehead atoms. The maximum absolute atomic E-state index is 12.4. The number of carbonyl (C=O) groups excluding carboxylic acids is 1. The molecule has 1 saturated heterocycles. The SMILES string of the molecule is NC[C@H]1CCN(C(=O)c2ccc3c(c2)OCCO3)C1. The molecule has 1 aromatic carbocycles. The van der Waals surface area contributed by atoms with Crippen LogP contribution in [0.5, 0.6) is 11.5 Å². The molecule has 1 amide bonds. The van der Waals surface area contributed by atoms with Gasteiger partial charge in [-0.1, -0.05) is 0 Å². The summed E-state index contributed by atoms with van der Waals surface area (Å²) in [6.07, 6.45) is 0.993. The van der Waals surface area contributed by atoms with E-state index >= 15 is 0 Å². The molecule has 102 valence electrons. The van der Waals surface area contributed by atoms with Crippen molar-refractivity contribution < 1.29 is 14.3 Å². The Morgan fingerprint density at radius 3 is 2.84 bits per heavy atom. The van der Waals surface area contributed by atoms with Gasteiger partial charge < -0.3 is 20.1 Å². The number of ether oxygens (including phenoxy) is 2. The summed E-state index contributed by atoms with van der Waals surface area (Å²) in [5, 5.41) is 0. The maximum Gasteiger partial charge on any atom is 0.254 e. The van der Waals surface area contributed by atoms with Gasteiger partial charge in [0.25, 0.3) is 5.91 Å². The summed E-state index contributed by atoms with van der Waals surface area (Å²) in [5.41, 5.74) is 6.31. The Labute approximate surface area is 112 Å². The average Bonchev–Trinajstić information content (AvgIpc) is 2.95. The van der Waals surface area contributed by atoms with Gasteiger partial charge in [-0.3, -0.25) is 4.79 Å². The number of hydrogen-bond acceptors (Lipinski definition) is 4. The van der Waals surface area contributed by atoms with Crippen molar-refractivity contribution in [1.82, 2.24) is 4.90 Å². The molecule has 2 heterocycles. The van der Waals surface area contributed by atoms with Crippen molar-refractivity contribution in [2.75, 3.05) is 32.8 Å². The topological polar surface area (TPSA) is 64.8 Å². The van der Waals surface area contributed by atoms with E-state index in [4.69, 9.17) is 15.2 Å². The van der Waals surface area contributed by atoms with Crippen LogP contribution in [0.4, 0.5) is 0 Å². The van der Waals surface area contributed by atoms with E-state index in [0.717, 1.165) is 19.5 Å². The molecule has 1 aromatic rings. The number of amides is 1. The second-order valence-corrected chi connectivity index (χ2v) is 5.00. The Balaban J connectivity index is 1.77. The second kappa shape index (κ2) is 5.09. The van der Waals surface area contributed by atoms with Crippen molar-refractivity contribution in [1.29, 1.82) is 0 Å². The summed E-state index contributed by atoms with van der Waals surface area (Å²) < 4.78 is 11.0. The molecule has 2 aliphatic rings. The Kier molecular flexibility index (Phi) is 3.29. The summed E-state index contributed by atoms with van der Waals surface area (Å²) in [6.45, 7) is 3.28. The van der Waals surface area contributed by atoms with Crippen LogP contribution in [0.25, 0.3) is 0 Å². The van der Waals surface area contributed by atoms with Crippen molar-refractivity contribution in [3.63, 3.8) is 0 Å². The molecule has 0 spiro atoms. The zero-order chi connectivity index (χ0) is 13.2. The number of nitrogens with zero attached hydrogens (tertiary/aromatic N) is 1. The minimum Gasteiger partial charge on any atom is -0.486 e. The molecule has 0 aromatic heterocycles. The number of nitrogens with two attached hydrogens (primary N) is 1. The van der Waals surface area contributed by atoms with Crippen LogP contribution < -0.4 is 15.2 Å². The Morgan fingerprint density at radius 2 is 2.11 bits per heavy atom. The molecule has 0 radical (unpaired) electrons. The van der Waals surface area contributed by atoms with Crippen LogP contribution in [0.15, 0.2) is 18.2 Å². The predicted octanol–water partition coefficient (Wildman–Crippen LogP) is 0.879. The summed E-state index contributed by atoms with van der Waals surface area (Å²) in [6, 6.07) is 5.37. The molecule has 0 aliphatic carbocycles. The van der Waals surface area contributed by atoms with Crippen LogP contribution in [0.3, 0.4) is 0 Å². The first-order valence-corrected chi connectivity index (χ1v) is 6.67. The highest BCUT2D eigenvalue weighted by molar-refractivity contribution is 5.95. The monoisotopic (exact) mass is 262 g/mol. The smallest absolute Gasteiger partial charge is 0.254 e. The lowest BCUT2D eigenvalue weighted by Crippen LogP contribution is -2.30. The number of hydrogen-bond donors (Lipinski definition) is 1. The van der Waals surface area contributed by atoms with Gasteiger partial charge in [-0.05, 0) is 37.1 Å². The van der Waals surface area contributed by atoms with Crippen molar-refractivity contribution in [3.05, 3.63) is 23.8 Å². The normalized spacial score (nSPS) is 21.5. The molecule has 2 N–H and O–H groups in total. The van der Waals surface area contributed by atoms with Crippen LogP contribution in [-0.2, 0) is 0 Å². The third-order valence-corrected chi connectivity index (χ3v) is 3.70. The molecular weight excluding hydrogens is 244 g/mol. The Hall–Kier alpha value is -1.75. The van der Waals surface area contributed by atoms with Crippen molar-refractivity contribution in [3.8, 4) is 11.5 Å². The minimum atomic E-state index is 0.0490. The highest BCUT2D eigenvalue weighted by atomic mass is 16.6. The third-order valence-electron chi connectivity index (χ3n) is 3.70. The first-order valence-electron chi connectivity index (χ1n) is 6.67. The number of fused-ring (bicyclic) bond motifs is 1. The molecule has 0 unspecified atom stereocenters. The van der Waals surface area contributed by atoms with Gasteiger partial charge in [-0.25, -0.2) is 0 Å². The lowest BCUT2D eigenvalue weighted by Gasteiger charge is -2.20. The first-order chi connectivity index (χ1) is 9.28. The quantitative estimate of drug-likeness (QED) is 0.859. The van der Waals surface area contributed by atoms with E-state index < -0.39 is 0 Å². The van der Waals surface area contributed by atoms with E-state index in [1.807, 2.05) is 4.90 Å². The van der Waals surface area contributed by atoms with Crippen LogP contribution in [-0.4, -0.2) is 43.7 Å². The Bertz CT molecular complexity index is 490. The standard InChI is InChI=1S/C14H18N2O3/c15-8-10-3-4-16(9-10)14(17)11-1-2-12-13(7-11)19-6-5-18-12/h1-2,7,10H,3-6,8-9,15H2/t10-/m1/s1. The van der Waals surface area contributed by atoms with E-state index in [1.165, 1.54) is 0 Å². The number of likely N-dealkylation sites (tertiary alicyclic amines) is 1. The van der Waals surface area contributed by atoms with Gasteiger partial charge in [0, 0.05) is 18.7 Å². The average molecular weight is 262 g/mol. The zero-order valence-electron chi connectivity index (χ0n) is 10.8.